The predicted molar refractivity (Wildman–Crippen MR) is 55.4 cm³/mol. The summed E-state index contributed by atoms with van der Waals surface area (Å²) < 4.78 is 5.57. The molecule has 0 bridgehead atoms. The Kier molecular flexibility index (Phi) is 2.96. The number of ether oxygens (including phenoxy) is 1. The Hall–Kier alpha value is -1.44. The Morgan fingerprint density at radius 3 is 2.54 bits per heavy atom. The van der Waals surface area contributed by atoms with Gasteiger partial charge in [-0.15, -0.1) is 0 Å². The van der Waals surface area contributed by atoms with Crippen molar-refractivity contribution in [1.29, 1.82) is 0 Å². The summed E-state index contributed by atoms with van der Waals surface area (Å²) in [5, 5.41) is 0. The van der Waals surface area contributed by atoms with E-state index in [1.54, 1.807) is 0 Å². The van der Waals surface area contributed by atoms with Crippen LogP contribution in [0.3, 0.4) is 0 Å². The first kappa shape index (κ1) is 9.65. The number of para-hydroxylation sites is 1. The van der Waals surface area contributed by atoms with Crippen molar-refractivity contribution in [2.75, 3.05) is 0 Å². The maximum Gasteiger partial charge on any atom is 0.128 e. The molecule has 70 valence electrons. The summed E-state index contributed by atoms with van der Waals surface area (Å²) in [6.07, 6.45) is 0.153. The van der Waals surface area contributed by atoms with Gasteiger partial charge in [-0.2, -0.15) is 0 Å². The van der Waals surface area contributed by atoms with E-state index in [9.17, 15) is 0 Å². The van der Waals surface area contributed by atoms with E-state index in [2.05, 4.69) is 6.58 Å². The van der Waals surface area contributed by atoms with Crippen LogP contribution in [0.5, 0.6) is 5.75 Å². The summed E-state index contributed by atoms with van der Waals surface area (Å²) in [5.74, 6) is 0.796. The molecule has 0 aromatic heterocycles. The molecule has 13 heavy (non-hydrogen) atoms. The van der Waals surface area contributed by atoms with Crippen LogP contribution in [-0.4, -0.2) is 6.10 Å². The number of rotatable bonds is 3. The zero-order valence-electron chi connectivity index (χ0n) is 8.08. The Morgan fingerprint density at radius 1 is 1.38 bits per heavy atom. The first-order chi connectivity index (χ1) is 6.11. The first-order valence-electron chi connectivity index (χ1n) is 4.31. The second-order valence-corrected chi connectivity index (χ2v) is 3.19. The summed E-state index contributed by atoms with van der Waals surface area (Å²) >= 11 is 0. The monoisotopic (exact) mass is 177 g/mol. The predicted octanol–water partition coefficient (Wildman–Crippen LogP) is 2.40. The average Bonchev–Trinajstić information content (AvgIpc) is 2.03. The van der Waals surface area contributed by atoms with Gasteiger partial charge in [0, 0.05) is 11.3 Å². The maximum absolute atomic E-state index is 5.62. The zero-order chi connectivity index (χ0) is 9.84. The molecule has 0 atom stereocenters. The molecular weight excluding hydrogens is 162 g/mol. The Labute approximate surface area is 79.0 Å². The van der Waals surface area contributed by atoms with E-state index in [4.69, 9.17) is 10.5 Å². The molecule has 0 saturated carbocycles. The highest BCUT2D eigenvalue weighted by Crippen LogP contribution is 2.22. The molecule has 0 saturated heterocycles. The van der Waals surface area contributed by atoms with Crippen LogP contribution in [0.4, 0.5) is 0 Å². The quantitative estimate of drug-likeness (QED) is 0.769. The van der Waals surface area contributed by atoms with Crippen molar-refractivity contribution < 1.29 is 4.74 Å². The van der Waals surface area contributed by atoms with Gasteiger partial charge in [0.1, 0.15) is 5.75 Å². The lowest BCUT2D eigenvalue weighted by molar-refractivity contribution is 0.241. The minimum atomic E-state index is 0.153. The van der Waals surface area contributed by atoms with Gasteiger partial charge in [-0.1, -0.05) is 18.7 Å². The lowest BCUT2D eigenvalue weighted by Gasteiger charge is -2.13. The molecule has 0 radical (unpaired) electrons. The van der Waals surface area contributed by atoms with Crippen molar-refractivity contribution >= 4 is 5.70 Å². The van der Waals surface area contributed by atoms with Gasteiger partial charge in [0.05, 0.1) is 6.10 Å². The standard InChI is InChI=1S/C11H15NO/c1-8(2)13-11-7-5-4-6-10(11)9(3)12/h4-8H,3,12H2,1-2H3. The van der Waals surface area contributed by atoms with Crippen LogP contribution in [-0.2, 0) is 0 Å². The van der Waals surface area contributed by atoms with Crippen molar-refractivity contribution in [3.63, 3.8) is 0 Å². The van der Waals surface area contributed by atoms with Crippen LogP contribution < -0.4 is 10.5 Å². The van der Waals surface area contributed by atoms with Gasteiger partial charge >= 0.3 is 0 Å². The third-order valence-corrected chi connectivity index (χ3v) is 1.60. The van der Waals surface area contributed by atoms with E-state index in [1.165, 1.54) is 0 Å². The molecule has 0 spiro atoms. The molecule has 0 aliphatic heterocycles. The molecule has 1 rings (SSSR count). The number of hydrogen-bond donors (Lipinski definition) is 1. The lowest BCUT2D eigenvalue weighted by atomic mass is 10.1. The summed E-state index contributed by atoms with van der Waals surface area (Å²) in [6.45, 7) is 7.66. The van der Waals surface area contributed by atoms with E-state index in [1.807, 2.05) is 38.1 Å². The van der Waals surface area contributed by atoms with Gasteiger partial charge in [0.15, 0.2) is 0 Å². The molecule has 2 N–H and O–H groups in total. The highest BCUT2D eigenvalue weighted by Gasteiger charge is 2.04. The third-order valence-electron chi connectivity index (χ3n) is 1.60. The lowest BCUT2D eigenvalue weighted by Crippen LogP contribution is -2.08. The van der Waals surface area contributed by atoms with Crippen LogP contribution in [0.15, 0.2) is 30.8 Å². The average molecular weight is 177 g/mol. The second-order valence-electron chi connectivity index (χ2n) is 3.19. The second kappa shape index (κ2) is 3.99. The van der Waals surface area contributed by atoms with Gasteiger partial charge in [0.2, 0.25) is 0 Å². The third kappa shape index (κ3) is 2.51. The van der Waals surface area contributed by atoms with Gasteiger partial charge < -0.3 is 10.5 Å². The summed E-state index contributed by atoms with van der Waals surface area (Å²) in [6, 6.07) is 7.64. The smallest absolute Gasteiger partial charge is 0.128 e. The summed E-state index contributed by atoms with van der Waals surface area (Å²) in [7, 11) is 0. The van der Waals surface area contributed by atoms with Crippen molar-refractivity contribution in [3.8, 4) is 5.75 Å². The highest BCUT2D eigenvalue weighted by atomic mass is 16.5. The van der Waals surface area contributed by atoms with Gasteiger partial charge in [-0.3, -0.25) is 0 Å². The van der Waals surface area contributed by atoms with E-state index >= 15 is 0 Å². The molecular formula is C11H15NO. The van der Waals surface area contributed by atoms with E-state index in [-0.39, 0.29) is 6.10 Å². The molecule has 1 aromatic rings. The number of benzene rings is 1. The van der Waals surface area contributed by atoms with Crippen LogP contribution in [0.25, 0.3) is 5.70 Å². The highest BCUT2D eigenvalue weighted by molar-refractivity contribution is 5.66. The molecule has 1 aromatic carbocycles. The molecule has 0 unspecified atom stereocenters. The minimum Gasteiger partial charge on any atom is -0.490 e. The molecule has 2 nitrogen and oxygen atoms in total. The largest absolute Gasteiger partial charge is 0.490 e. The first-order valence-corrected chi connectivity index (χ1v) is 4.31. The maximum atomic E-state index is 5.62. The van der Waals surface area contributed by atoms with Crippen LogP contribution in [0, 0.1) is 0 Å². The van der Waals surface area contributed by atoms with Gasteiger partial charge in [-0.25, -0.2) is 0 Å². The molecule has 0 aliphatic carbocycles. The normalized spacial score (nSPS) is 10.1. The van der Waals surface area contributed by atoms with E-state index < -0.39 is 0 Å². The summed E-state index contributed by atoms with van der Waals surface area (Å²) in [5.41, 5.74) is 7.03. The summed E-state index contributed by atoms with van der Waals surface area (Å²) in [4.78, 5) is 0. The van der Waals surface area contributed by atoms with Crippen molar-refractivity contribution in [3.05, 3.63) is 36.4 Å². The molecule has 0 aliphatic rings. The molecule has 0 fully saturated rings. The van der Waals surface area contributed by atoms with Crippen molar-refractivity contribution in [2.24, 2.45) is 5.73 Å². The fourth-order valence-corrected chi connectivity index (χ4v) is 1.09. The van der Waals surface area contributed by atoms with Crippen molar-refractivity contribution in [1.82, 2.24) is 0 Å². The van der Waals surface area contributed by atoms with Gasteiger partial charge in [-0.05, 0) is 26.0 Å². The number of nitrogens with two attached hydrogens (primary N) is 1. The Morgan fingerprint density at radius 2 is 2.00 bits per heavy atom. The molecule has 0 amide bonds. The van der Waals surface area contributed by atoms with Crippen molar-refractivity contribution in [2.45, 2.75) is 20.0 Å². The van der Waals surface area contributed by atoms with Gasteiger partial charge in [0.25, 0.3) is 0 Å². The SMILES string of the molecule is C=C(N)c1ccccc1OC(C)C. The van der Waals surface area contributed by atoms with E-state index in [0.29, 0.717) is 5.70 Å². The zero-order valence-corrected chi connectivity index (χ0v) is 8.08. The Balaban J connectivity index is 2.98. The van der Waals surface area contributed by atoms with E-state index in [0.717, 1.165) is 11.3 Å². The van der Waals surface area contributed by atoms with Crippen LogP contribution in [0.1, 0.15) is 19.4 Å². The Bertz CT molecular complexity index is 305. The minimum absolute atomic E-state index is 0.153. The molecule has 0 heterocycles. The molecule has 2 heteroatoms. The fraction of sp³-hybridized carbons (Fsp3) is 0.273. The van der Waals surface area contributed by atoms with Crippen LogP contribution in [0.2, 0.25) is 0 Å². The topological polar surface area (TPSA) is 35.2 Å². The van der Waals surface area contributed by atoms with Crippen LogP contribution >= 0.6 is 0 Å². The fourth-order valence-electron chi connectivity index (χ4n) is 1.09. The number of hydrogen-bond acceptors (Lipinski definition) is 2.